The van der Waals surface area contributed by atoms with E-state index in [1.54, 1.807) is 5.56 Å². The van der Waals surface area contributed by atoms with Crippen molar-refractivity contribution in [2.45, 2.75) is 110 Å². The quantitative estimate of drug-likeness (QED) is 0.338. The van der Waals surface area contributed by atoms with Crippen molar-refractivity contribution in [1.29, 1.82) is 0 Å². The smallest absolute Gasteiger partial charge is 0.192 e. The Kier molecular flexibility index (Phi) is 6.44. The molecule has 0 aliphatic heterocycles. The van der Waals surface area contributed by atoms with Crippen LogP contribution in [-0.2, 0) is 15.6 Å². The molecule has 7 aliphatic carbocycles. The molecule has 0 amide bonds. The highest BCUT2D eigenvalue weighted by Gasteiger charge is 2.54. The number of allylic oxidation sites excluding steroid dienone is 4. The van der Waals surface area contributed by atoms with Gasteiger partial charge in [-0.1, -0.05) is 44.9 Å². The lowest BCUT2D eigenvalue weighted by Crippen LogP contribution is -2.46. The van der Waals surface area contributed by atoms with Crippen molar-refractivity contribution in [2.75, 3.05) is 0 Å². The maximum atomic E-state index is 12.8. The Bertz CT molecular complexity index is 1310. The summed E-state index contributed by atoms with van der Waals surface area (Å²) in [6.07, 6.45) is 23.5. The lowest BCUT2D eigenvalue weighted by Gasteiger charge is -2.54. The third-order valence-electron chi connectivity index (χ3n) is 14.3. The third-order valence-corrected chi connectivity index (χ3v) is 15.5. The normalized spacial score (nSPS) is 45.5. The molecule has 212 valence electrons. The van der Waals surface area contributed by atoms with Gasteiger partial charge >= 0.3 is 0 Å². The van der Waals surface area contributed by atoms with E-state index in [1.807, 2.05) is 0 Å². The number of fused-ring (bicyclic) bond motifs is 10. The van der Waals surface area contributed by atoms with Crippen LogP contribution in [0.1, 0.15) is 120 Å². The molecule has 1 aromatic carbocycles. The minimum absolute atomic E-state index is 0.114. The molecule has 0 radical (unpaired) electrons. The van der Waals surface area contributed by atoms with Gasteiger partial charge in [-0.3, -0.25) is 9.13 Å². The van der Waals surface area contributed by atoms with Gasteiger partial charge in [0.2, 0.25) is 0 Å². The summed E-state index contributed by atoms with van der Waals surface area (Å²) in [7, 11) is 0.239. The summed E-state index contributed by atoms with van der Waals surface area (Å²) in [6, 6.07) is 4.54. The van der Waals surface area contributed by atoms with Crippen LogP contribution >= 0.6 is 16.9 Å². The minimum Gasteiger partial charge on any atom is -0.269 e. The van der Waals surface area contributed by atoms with Crippen LogP contribution in [0.15, 0.2) is 29.6 Å². The molecule has 2 nitrogen and oxygen atoms in total. The number of hydrogen-bond donors (Lipinski definition) is 0. The van der Waals surface area contributed by atoms with Crippen molar-refractivity contribution >= 4 is 27.8 Å². The number of hydrogen-bond acceptors (Lipinski definition) is 2. The molecule has 5 saturated carbocycles. The second kappa shape index (κ2) is 9.71. The number of rotatable bonds is 3. The van der Waals surface area contributed by atoms with Crippen LogP contribution < -0.4 is 5.30 Å². The molecule has 8 rings (SSSR count). The van der Waals surface area contributed by atoms with Gasteiger partial charge in [0, 0.05) is 5.31 Å². The molecule has 0 aromatic heterocycles. The second-order valence-electron chi connectivity index (χ2n) is 15.6. The molecule has 1 aromatic rings. The Hall–Kier alpha value is -1.10. The molecule has 0 heterocycles. The highest BCUT2D eigenvalue weighted by molar-refractivity contribution is 7.34. The zero-order chi connectivity index (χ0) is 27.2. The van der Waals surface area contributed by atoms with Crippen molar-refractivity contribution in [3.63, 3.8) is 0 Å². The van der Waals surface area contributed by atoms with Gasteiger partial charge in [0.1, 0.15) is 0 Å². The first-order valence-electron chi connectivity index (χ1n) is 16.7. The van der Waals surface area contributed by atoms with Gasteiger partial charge < -0.3 is 0 Å². The van der Waals surface area contributed by atoms with E-state index in [4.69, 9.17) is 0 Å². The molecule has 0 N–H and O–H groups in total. The predicted octanol–water partition coefficient (Wildman–Crippen LogP) is 10.3. The first-order valence-corrected chi connectivity index (χ1v) is 18.3. The zero-order valence-corrected chi connectivity index (χ0v) is 26.3. The molecule has 8 unspecified atom stereocenters. The Morgan fingerprint density at radius 3 is 2.23 bits per heavy atom. The molecular formula is C36H46O2P2. The minimum atomic E-state index is 0.114. The molecule has 0 bridgehead atoms. The fourth-order valence-electron chi connectivity index (χ4n) is 12.6. The standard InChI is InChI=1S/C36H46O2P2/c1-35-17-3-5-29(35)25-7-9-27-21(23(25)15-19-35)11-13-31(39-37)33(27)34-28-10-8-26-24(22(28)12-14-32(34)40-38)16-20-36(2)18-4-6-30(26)36/h11-14,21,23-27,29-30H,3-10,15-20H2,1-2H3/t21?,23?,24?,25?,26?,27?,29?,30?,35-,36-/m0/s1. The Morgan fingerprint density at radius 1 is 0.725 bits per heavy atom. The van der Waals surface area contributed by atoms with Crippen LogP contribution in [0.5, 0.6) is 0 Å². The van der Waals surface area contributed by atoms with E-state index in [9.17, 15) is 9.13 Å². The molecule has 5 fully saturated rings. The van der Waals surface area contributed by atoms with Gasteiger partial charge in [-0.2, -0.15) is 0 Å². The van der Waals surface area contributed by atoms with Crippen molar-refractivity contribution in [2.24, 2.45) is 52.3 Å². The van der Waals surface area contributed by atoms with Crippen LogP contribution in [0.3, 0.4) is 0 Å². The van der Waals surface area contributed by atoms with Gasteiger partial charge in [0.25, 0.3) is 0 Å². The van der Waals surface area contributed by atoms with E-state index in [0.717, 1.165) is 46.6 Å². The van der Waals surface area contributed by atoms with E-state index in [0.29, 0.717) is 28.6 Å². The number of benzene rings is 1. The van der Waals surface area contributed by atoms with Gasteiger partial charge in [-0.05, 0) is 164 Å². The van der Waals surface area contributed by atoms with Gasteiger partial charge in [0.15, 0.2) is 16.9 Å². The Labute approximate surface area is 244 Å². The fraction of sp³-hybridized carbons (Fsp3) is 0.722. The maximum absolute atomic E-state index is 12.8. The van der Waals surface area contributed by atoms with Gasteiger partial charge in [0.05, 0.1) is 5.30 Å². The van der Waals surface area contributed by atoms with Crippen molar-refractivity contribution in [3.8, 4) is 0 Å². The van der Waals surface area contributed by atoms with Crippen molar-refractivity contribution in [3.05, 3.63) is 46.3 Å². The summed E-state index contributed by atoms with van der Waals surface area (Å²) >= 11 is 0. The predicted molar refractivity (Wildman–Crippen MR) is 164 cm³/mol. The molecule has 0 spiro atoms. The molecule has 40 heavy (non-hydrogen) atoms. The summed E-state index contributed by atoms with van der Waals surface area (Å²) in [4.78, 5) is 0. The maximum Gasteiger partial charge on any atom is 0.192 e. The summed E-state index contributed by atoms with van der Waals surface area (Å²) in [5, 5.41) is 1.91. The van der Waals surface area contributed by atoms with Gasteiger partial charge in [-0.15, -0.1) is 0 Å². The summed E-state index contributed by atoms with van der Waals surface area (Å²) in [5.74, 6) is 5.79. The van der Waals surface area contributed by atoms with Gasteiger partial charge in [-0.25, -0.2) is 0 Å². The molecule has 7 aliphatic rings. The summed E-state index contributed by atoms with van der Waals surface area (Å²) < 4.78 is 25.5. The van der Waals surface area contributed by atoms with Crippen LogP contribution in [-0.4, -0.2) is 0 Å². The zero-order valence-electron chi connectivity index (χ0n) is 24.5. The van der Waals surface area contributed by atoms with Crippen molar-refractivity contribution < 1.29 is 9.13 Å². The average Bonchev–Trinajstić information content (AvgIpc) is 3.58. The van der Waals surface area contributed by atoms with Crippen LogP contribution in [0, 0.1) is 52.3 Å². The van der Waals surface area contributed by atoms with Crippen LogP contribution in [0.25, 0.3) is 5.57 Å². The van der Waals surface area contributed by atoms with Crippen molar-refractivity contribution in [1.82, 2.24) is 0 Å². The highest BCUT2D eigenvalue weighted by Crippen LogP contribution is 2.64. The lowest BCUT2D eigenvalue weighted by molar-refractivity contribution is -0.0140. The molecule has 0 saturated heterocycles. The summed E-state index contributed by atoms with van der Waals surface area (Å²) in [5.41, 5.74) is 6.73. The first kappa shape index (κ1) is 26.5. The SMILES string of the molecule is C[C@@]12CCCC1C1CCc3c(ccc(P=O)c3C3=C(P=O)C=CC4C3CCC3C4CC[C@]4(C)CCCC34)C1CC2. The fourth-order valence-corrected chi connectivity index (χ4v) is 13.6. The largest absolute Gasteiger partial charge is 0.269 e. The molecule has 4 heteroatoms. The van der Waals surface area contributed by atoms with E-state index in [-0.39, 0.29) is 16.9 Å². The Morgan fingerprint density at radius 2 is 1.48 bits per heavy atom. The van der Waals surface area contributed by atoms with Crippen LogP contribution in [0.2, 0.25) is 0 Å². The van der Waals surface area contributed by atoms with E-state index < -0.39 is 0 Å². The van der Waals surface area contributed by atoms with E-state index >= 15 is 0 Å². The monoisotopic (exact) mass is 572 g/mol. The molecular weight excluding hydrogens is 526 g/mol. The highest BCUT2D eigenvalue weighted by atomic mass is 31.1. The lowest BCUT2D eigenvalue weighted by atomic mass is 9.51. The summed E-state index contributed by atoms with van der Waals surface area (Å²) in [6.45, 7) is 5.17. The van der Waals surface area contributed by atoms with E-state index in [2.05, 4.69) is 38.1 Å². The Balaban J connectivity index is 1.20. The first-order chi connectivity index (χ1) is 19.5. The second-order valence-corrected chi connectivity index (χ2v) is 17.0. The van der Waals surface area contributed by atoms with E-state index in [1.165, 1.54) is 100 Å². The topological polar surface area (TPSA) is 34.1 Å². The average molecular weight is 573 g/mol. The molecule has 10 atom stereocenters. The van der Waals surface area contributed by atoms with Crippen LogP contribution in [0.4, 0.5) is 0 Å². The third kappa shape index (κ3) is 3.73.